The highest BCUT2D eigenvalue weighted by Gasteiger charge is 2.31. The first-order valence-corrected chi connectivity index (χ1v) is 5.35. The van der Waals surface area contributed by atoms with E-state index in [9.17, 15) is 9.59 Å². The standard InChI is InChI=1S/C12H14N2O3/c1-7-3-4-8-10(5-7)14(2)12(17)9(13-8)6-11(15)16/h3-5,9,13H,6H2,1-2H3,(H,15,16). The number of amides is 1. The second-order valence-electron chi connectivity index (χ2n) is 4.21. The number of nitrogens with one attached hydrogen (secondary N) is 1. The third-order valence-electron chi connectivity index (χ3n) is 2.85. The van der Waals surface area contributed by atoms with Gasteiger partial charge >= 0.3 is 5.97 Å². The summed E-state index contributed by atoms with van der Waals surface area (Å²) in [4.78, 5) is 24.1. The molecule has 5 heteroatoms. The number of likely N-dealkylation sites (N-methyl/N-ethyl adjacent to an activating group) is 1. The molecule has 17 heavy (non-hydrogen) atoms. The monoisotopic (exact) mass is 234 g/mol. The molecule has 0 spiro atoms. The van der Waals surface area contributed by atoms with Crippen LogP contribution >= 0.6 is 0 Å². The van der Waals surface area contributed by atoms with E-state index in [1.165, 1.54) is 4.90 Å². The molecule has 90 valence electrons. The Morgan fingerprint density at radius 1 is 1.53 bits per heavy atom. The Balaban J connectivity index is 2.35. The molecular weight excluding hydrogens is 220 g/mol. The van der Waals surface area contributed by atoms with Crippen LogP contribution in [0.15, 0.2) is 18.2 Å². The molecule has 1 unspecified atom stereocenters. The molecule has 0 bridgehead atoms. The number of fused-ring (bicyclic) bond motifs is 1. The van der Waals surface area contributed by atoms with E-state index >= 15 is 0 Å². The summed E-state index contributed by atoms with van der Waals surface area (Å²) in [7, 11) is 1.66. The van der Waals surface area contributed by atoms with Gasteiger partial charge in [-0.15, -0.1) is 0 Å². The quantitative estimate of drug-likeness (QED) is 0.807. The van der Waals surface area contributed by atoms with Crippen molar-refractivity contribution in [1.29, 1.82) is 0 Å². The van der Waals surface area contributed by atoms with Gasteiger partial charge < -0.3 is 15.3 Å². The van der Waals surface area contributed by atoms with Crippen molar-refractivity contribution in [2.45, 2.75) is 19.4 Å². The average Bonchev–Trinajstić information content (AvgIpc) is 2.26. The van der Waals surface area contributed by atoms with Crippen molar-refractivity contribution in [2.24, 2.45) is 0 Å². The van der Waals surface area contributed by atoms with Crippen molar-refractivity contribution in [3.63, 3.8) is 0 Å². The third-order valence-corrected chi connectivity index (χ3v) is 2.85. The number of carboxylic acid groups (broad SMARTS) is 1. The minimum atomic E-state index is -0.986. The number of anilines is 2. The topological polar surface area (TPSA) is 69.6 Å². The minimum Gasteiger partial charge on any atom is -0.481 e. The molecule has 0 aliphatic carbocycles. The lowest BCUT2D eigenvalue weighted by Crippen LogP contribution is -2.46. The minimum absolute atomic E-state index is 0.212. The van der Waals surface area contributed by atoms with E-state index in [-0.39, 0.29) is 12.3 Å². The maximum absolute atomic E-state index is 11.9. The maximum Gasteiger partial charge on any atom is 0.305 e. The Morgan fingerprint density at radius 2 is 2.24 bits per heavy atom. The summed E-state index contributed by atoms with van der Waals surface area (Å²) in [6.07, 6.45) is -0.212. The number of benzene rings is 1. The van der Waals surface area contributed by atoms with E-state index in [2.05, 4.69) is 5.32 Å². The zero-order valence-corrected chi connectivity index (χ0v) is 9.73. The van der Waals surface area contributed by atoms with Crippen LogP contribution in [-0.2, 0) is 9.59 Å². The number of carbonyl (C=O) groups is 2. The lowest BCUT2D eigenvalue weighted by molar-refractivity contribution is -0.138. The van der Waals surface area contributed by atoms with E-state index in [1.54, 1.807) is 7.05 Å². The van der Waals surface area contributed by atoms with Gasteiger partial charge in [-0.25, -0.2) is 0 Å². The molecule has 0 aromatic heterocycles. The maximum atomic E-state index is 11.9. The third kappa shape index (κ3) is 2.08. The number of aryl methyl sites for hydroxylation is 1. The molecule has 0 saturated heterocycles. The van der Waals surface area contributed by atoms with Crippen LogP contribution in [-0.4, -0.2) is 30.1 Å². The van der Waals surface area contributed by atoms with Crippen molar-refractivity contribution < 1.29 is 14.7 Å². The van der Waals surface area contributed by atoms with Crippen molar-refractivity contribution in [1.82, 2.24) is 0 Å². The molecule has 5 nitrogen and oxygen atoms in total. The molecule has 1 aliphatic heterocycles. The van der Waals surface area contributed by atoms with Crippen molar-refractivity contribution in [3.8, 4) is 0 Å². The van der Waals surface area contributed by atoms with Crippen LogP contribution in [0.1, 0.15) is 12.0 Å². The molecule has 1 aliphatic rings. The Kier molecular flexibility index (Phi) is 2.75. The SMILES string of the molecule is Cc1ccc2c(c1)N(C)C(=O)C(CC(=O)O)N2. The number of carboxylic acids is 1. The van der Waals surface area contributed by atoms with Gasteiger partial charge in [0.1, 0.15) is 6.04 Å². The van der Waals surface area contributed by atoms with Crippen LogP contribution in [0.3, 0.4) is 0 Å². The number of rotatable bonds is 2. The highest BCUT2D eigenvalue weighted by atomic mass is 16.4. The van der Waals surface area contributed by atoms with E-state index in [0.29, 0.717) is 0 Å². The van der Waals surface area contributed by atoms with Crippen molar-refractivity contribution in [3.05, 3.63) is 23.8 Å². The van der Waals surface area contributed by atoms with Crippen LogP contribution in [0.2, 0.25) is 0 Å². The molecule has 0 radical (unpaired) electrons. The normalized spacial score (nSPS) is 18.6. The molecule has 2 N–H and O–H groups in total. The summed E-state index contributed by atoms with van der Waals surface area (Å²) in [5.74, 6) is -1.20. The van der Waals surface area contributed by atoms with Gasteiger partial charge in [0.15, 0.2) is 0 Å². The summed E-state index contributed by atoms with van der Waals surface area (Å²) in [5, 5.41) is 11.7. The summed E-state index contributed by atoms with van der Waals surface area (Å²) in [6.45, 7) is 1.95. The van der Waals surface area contributed by atoms with Gasteiger partial charge in [-0.3, -0.25) is 9.59 Å². The first-order valence-electron chi connectivity index (χ1n) is 5.35. The Morgan fingerprint density at radius 3 is 2.88 bits per heavy atom. The summed E-state index contributed by atoms with van der Waals surface area (Å²) < 4.78 is 0. The molecular formula is C12H14N2O3. The van der Waals surface area contributed by atoms with Gasteiger partial charge in [0, 0.05) is 7.05 Å². The number of aliphatic carboxylic acids is 1. The van der Waals surface area contributed by atoms with Crippen LogP contribution in [0, 0.1) is 6.92 Å². The Bertz CT molecular complexity index is 485. The second-order valence-corrected chi connectivity index (χ2v) is 4.21. The predicted molar refractivity (Wildman–Crippen MR) is 64.3 cm³/mol. The summed E-state index contributed by atoms with van der Waals surface area (Å²) in [5.41, 5.74) is 2.64. The first-order chi connectivity index (χ1) is 7.99. The van der Waals surface area contributed by atoms with Crippen molar-refractivity contribution in [2.75, 3.05) is 17.3 Å². The smallest absolute Gasteiger partial charge is 0.305 e. The molecule has 1 atom stereocenters. The van der Waals surface area contributed by atoms with Crippen molar-refractivity contribution >= 4 is 23.3 Å². The van der Waals surface area contributed by atoms with Crippen LogP contribution in [0.5, 0.6) is 0 Å². The zero-order valence-electron chi connectivity index (χ0n) is 9.73. The number of hydrogen-bond acceptors (Lipinski definition) is 3. The molecule has 2 rings (SSSR count). The van der Waals surface area contributed by atoms with E-state index < -0.39 is 12.0 Å². The van der Waals surface area contributed by atoms with Gasteiger partial charge in [-0.05, 0) is 24.6 Å². The molecule has 1 amide bonds. The number of carbonyl (C=O) groups excluding carboxylic acids is 1. The predicted octanol–water partition coefficient (Wildman–Crippen LogP) is 1.23. The van der Waals surface area contributed by atoms with Gasteiger partial charge in [-0.1, -0.05) is 6.07 Å². The Hall–Kier alpha value is -2.04. The van der Waals surface area contributed by atoms with Gasteiger partial charge in [0.2, 0.25) is 5.91 Å². The summed E-state index contributed by atoms with van der Waals surface area (Å²) >= 11 is 0. The fourth-order valence-electron chi connectivity index (χ4n) is 1.96. The fourth-order valence-corrected chi connectivity index (χ4v) is 1.96. The lowest BCUT2D eigenvalue weighted by Gasteiger charge is -2.32. The highest BCUT2D eigenvalue weighted by Crippen LogP contribution is 2.31. The van der Waals surface area contributed by atoms with E-state index in [4.69, 9.17) is 5.11 Å². The molecule has 1 heterocycles. The molecule has 0 saturated carbocycles. The zero-order chi connectivity index (χ0) is 12.6. The molecule has 1 aromatic rings. The van der Waals surface area contributed by atoms with Crippen LogP contribution in [0.4, 0.5) is 11.4 Å². The van der Waals surface area contributed by atoms with E-state index in [1.807, 2.05) is 25.1 Å². The van der Waals surface area contributed by atoms with E-state index in [0.717, 1.165) is 16.9 Å². The van der Waals surface area contributed by atoms with Crippen LogP contribution < -0.4 is 10.2 Å². The molecule has 0 fully saturated rings. The number of nitrogens with zero attached hydrogens (tertiary/aromatic N) is 1. The van der Waals surface area contributed by atoms with Gasteiger partial charge in [0.25, 0.3) is 0 Å². The van der Waals surface area contributed by atoms with Crippen LogP contribution in [0.25, 0.3) is 0 Å². The fraction of sp³-hybridized carbons (Fsp3) is 0.333. The van der Waals surface area contributed by atoms with Gasteiger partial charge in [-0.2, -0.15) is 0 Å². The Labute approximate surface area is 99.0 Å². The number of hydrogen-bond donors (Lipinski definition) is 2. The summed E-state index contributed by atoms with van der Waals surface area (Å²) in [6, 6.07) is 5.00. The van der Waals surface area contributed by atoms with Gasteiger partial charge in [0.05, 0.1) is 17.8 Å². The average molecular weight is 234 g/mol. The largest absolute Gasteiger partial charge is 0.481 e. The second kappa shape index (κ2) is 4.08. The molecule has 1 aromatic carbocycles. The highest BCUT2D eigenvalue weighted by molar-refractivity contribution is 6.05. The lowest BCUT2D eigenvalue weighted by atomic mass is 10.1. The first kappa shape index (κ1) is 11.4.